The zero-order chi connectivity index (χ0) is 15.6. The fourth-order valence-electron chi connectivity index (χ4n) is 2.47. The minimum absolute atomic E-state index is 0.210. The summed E-state index contributed by atoms with van der Waals surface area (Å²) in [5.41, 5.74) is 8.59. The summed E-state index contributed by atoms with van der Waals surface area (Å²) in [5, 5.41) is 0. The molecule has 0 saturated carbocycles. The number of alkyl halides is 1. The number of hydrogen-bond acceptors (Lipinski definition) is 3. The van der Waals surface area contributed by atoms with Crippen LogP contribution < -0.4 is 10.5 Å². The molecule has 3 nitrogen and oxygen atoms in total. The molecule has 1 aliphatic carbocycles. The molecule has 0 saturated heterocycles. The first kappa shape index (κ1) is 15.6. The smallest absolute Gasteiger partial charge is 0.249 e. The maximum Gasteiger partial charge on any atom is 0.249 e. The third-order valence-corrected chi connectivity index (χ3v) is 3.81. The lowest BCUT2D eigenvalue weighted by Crippen LogP contribution is -2.27. The molecule has 0 fully saturated rings. The summed E-state index contributed by atoms with van der Waals surface area (Å²) in [7, 11) is 2.93. The lowest BCUT2D eigenvalue weighted by atomic mass is 9.87. The molecule has 0 aromatic heterocycles. The number of methoxy groups -OCH3 is 2. The monoisotopic (exact) mass is 291 g/mol. The molecule has 0 bridgehead atoms. The fraction of sp³-hybridized carbons (Fsp3) is 0.412. The van der Waals surface area contributed by atoms with E-state index in [1.165, 1.54) is 24.8 Å². The van der Waals surface area contributed by atoms with Crippen molar-refractivity contribution >= 4 is 0 Å². The van der Waals surface area contributed by atoms with Gasteiger partial charge in [0.05, 0.1) is 7.11 Å². The van der Waals surface area contributed by atoms with Crippen molar-refractivity contribution < 1.29 is 13.9 Å². The van der Waals surface area contributed by atoms with Crippen molar-refractivity contribution in [3.63, 3.8) is 0 Å². The number of nitrogens with two attached hydrogens (primary N) is 1. The molecule has 0 spiro atoms. The first-order valence-corrected chi connectivity index (χ1v) is 6.99. The Balaban J connectivity index is 2.45. The maximum absolute atomic E-state index is 14.1. The summed E-state index contributed by atoms with van der Waals surface area (Å²) in [6.07, 6.45) is 4.41. The van der Waals surface area contributed by atoms with Crippen molar-refractivity contribution in [1.29, 1.82) is 0 Å². The summed E-state index contributed by atoms with van der Waals surface area (Å²) >= 11 is 0. The highest BCUT2D eigenvalue weighted by Crippen LogP contribution is 2.38. The number of hydrogen-bond donors (Lipinski definition) is 1. The van der Waals surface area contributed by atoms with Crippen LogP contribution in [0, 0.1) is 0 Å². The summed E-state index contributed by atoms with van der Waals surface area (Å²) < 4.78 is 24.4. The van der Waals surface area contributed by atoms with E-state index in [9.17, 15) is 4.39 Å². The standard InChI is InChI=1S/C17H22FNO2/c1-11(2)12-5-6-16(20-3)14(9-12)13-7-8-17(18,21-4)10-15(13)19/h5-11,13H,19H2,1-4H3. The van der Waals surface area contributed by atoms with E-state index < -0.39 is 5.85 Å². The number of ether oxygens (including phenoxy) is 2. The van der Waals surface area contributed by atoms with Crippen molar-refractivity contribution in [1.82, 2.24) is 0 Å². The van der Waals surface area contributed by atoms with Crippen LogP contribution in [0.3, 0.4) is 0 Å². The van der Waals surface area contributed by atoms with Crippen LogP contribution in [0.2, 0.25) is 0 Å². The van der Waals surface area contributed by atoms with E-state index in [4.69, 9.17) is 15.2 Å². The topological polar surface area (TPSA) is 44.5 Å². The van der Waals surface area contributed by atoms with Crippen LogP contribution in [0.5, 0.6) is 5.75 Å². The molecule has 1 aromatic rings. The van der Waals surface area contributed by atoms with Gasteiger partial charge in [-0.1, -0.05) is 32.1 Å². The normalized spacial score (nSPS) is 25.0. The maximum atomic E-state index is 14.1. The summed E-state index contributed by atoms with van der Waals surface area (Å²) in [6, 6.07) is 6.03. The average Bonchev–Trinajstić information content (AvgIpc) is 2.46. The molecule has 1 aromatic carbocycles. The highest BCUT2D eigenvalue weighted by atomic mass is 19.2. The van der Waals surface area contributed by atoms with Gasteiger partial charge in [0.15, 0.2) is 0 Å². The van der Waals surface area contributed by atoms with Gasteiger partial charge in [0.25, 0.3) is 0 Å². The summed E-state index contributed by atoms with van der Waals surface area (Å²) in [4.78, 5) is 0. The van der Waals surface area contributed by atoms with Gasteiger partial charge in [-0.3, -0.25) is 0 Å². The first-order valence-electron chi connectivity index (χ1n) is 6.99. The van der Waals surface area contributed by atoms with E-state index in [-0.39, 0.29) is 5.92 Å². The Kier molecular flexibility index (Phi) is 4.37. The van der Waals surface area contributed by atoms with Gasteiger partial charge in [-0.05, 0) is 23.6 Å². The molecule has 2 unspecified atom stereocenters. The van der Waals surface area contributed by atoms with Crippen LogP contribution in [0.15, 0.2) is 42.1 Å². The molecule has 0 heterocycles. The van der Waals surface area contributed by atoms with E-state index in [1.807, 2.05) is 12.1 Å². The summed E-state index contributed by atoms with van der Waals surface area (Å²) in [6.45, 7) is 4.25. The van der Waals surface area contributed by atoms with Crippen molar-refractivity contribution in [2.45, 2.75) is 31.5 Å². The molecule has 1 aliphatic rings. The minimum atomic E-state index is -1.93. The lowest BCUT2D eigenvalue weighted by Gasteiger charge is -2.26. The second kappa shape index (κ2) is 5.90. The molecule has 2 N–H and O–H groups in total. The van der Waals surface area contributed by atoms with E-state index in [0.717, 1.165) is 11.3 Å². The molecule has 2 atom stereocenters. The van der Waals surface area contributed by atoms with Crippen LogP contribution in [-0.4, -0.2) is 20.1 Å². The molecule has 0 radical (unpaired) electrons. The van der Waals surface area contributed by atoms with E-state index in [2.05, 4.69) is 19.9 Å². The van der Waals surface area contributed by atoms with Gasteiger partial charge >= 0.3 is 0 Å². The van der Waals surface area contributed by atoms with Crippen molar-refractivity contribution in [3.8, 4) is 5.75 Å². The quantitative estimate of drug-likeness (QED) is 0.862. The Morgan fingerprint density at radius 1 is 1.29 bits per heavy atom. The van der Waals surface area contributed by atoms with Crippen LogP contribution in [0.25, 0.3) is 0 Å². The van der Waals surface area contributed by atoms with Gasteiger partial charge in [-0.25, -0.2) is 4.39 Å². The zero-order valence-electron chi connectivity index (χ0n) is 12.9. The minimum Gasteiger partial charge on any atom is -0.496 e. The fourth-order valence-corrected chi connectivity index (χ4v) is 2.47. The molecular formula is C17H22FNO2. The van der Waals surface area contributed by atoms with E-state index in [1.54, 1.807) is 13.2 Å². The zero-order valence-corrected chi connectivity index (χ0v) is 12.9. The third kappa shape index (κ3) is 3.10. The average molecular weight is 291 g/mol. The molecule has 2 rings (SSSR count). The van der Waals surface area contributed by atoms with Gasteiger partial charge in [0, 0.05) is 30.4 Å². The van der Waals surface area contributed by atoms with Gasteiger partial charge < -0.3 is 15.2 Å². The van der Waals surface area contributed by atoms with Crippen molar-refractivity contribution in [2.24, 2.45) is 5.73 Å². The van der Waals surface area contributed by atoms with Crippen molar-refractivity contribution in [2.75, 3.05) is 14.2 Å². The SMILES string of the molecule is COc1ccc(C(C)C)cc1C1C=CC(F)(OC)C=C1N. The van der Waals surface area contributed by atoms with Gasteiger partial charge in [0.2, 0.25) is 5.85 Å². The number of halogens is 1. The Bertz CT molecular complexity index is 580. The number of benzene rings is 1. The van der Waals surface area contributed by atoms with E-state index >= 15 is 0 Å². The van der Waals surface area contributed by atoms with E-state index in [0.29, 0.717) is 11.6 Å². The van der Waals surface area contributed by atoms with Gasteiger partial charge in [-0.15, -0.1) is 0 Å². The lowest BCUT2D eigenvalue weighted by molar-refractivity contribution is -0.0391. The van der Waals surface area contributed by atoms with Crippen LogP contribution in [-0.2, 0) is 4.74 Å². The van der Waals surface area contributed by atoms with Crippen molar-refractivity contribution in [3.05, 3.63) is 53.3 Å². The van der Waals surface area contributed by atoms with Crippen LogP contribution in [0.4, 0.5) is 4.39 Å². The predicted molar refractivity (Wildman–Crippen MR) is 82.1 cm³/mol. The Morgan fingerprint density at radius 2 is 2.00 bits per heavy atom. The first-order chi connectivity index (χ1) is 9.90. The Labute approximate surface area is 125 Å². The van der Waals surface area contributed by atoms with Gasteiger partial charge in [-0.2, -0.15) is 0 Å². The predicted octanol–water partition coefficient (Wildman–Crippen LogP) is 3.63. The third-order valence-electron chi connectivity index (χ3n) is 3.81. The van der Waals surface area contributed by atoms with Crippen LogP contribution in [0.1, 0.15) is 36.8 Å². The molecule has 0 amide bonds. The highest BCUT2D eigenvalue weighted by molar-refractivity contribution is 5.48. The van der Waals surface area contributed by atoms with Gasteiger partial charge in [0.1, 0.15) is 5.75 Å². The highest BCUT2D eigenvalue weighted by Gasteiger charge is 2.30. The molecule has 0 aliphatic heterocycles. The van der Waals surface area contributed by atoms with Crippen LogP contribution >= 0.6 is 0 Å². The largest absolute Gasteiger partial charge is 0.496 e. The number of allylic oxidation sites excluding steroid dienone is 1. The second-order valence-electron chi connectivity index (χ2n) is 5.54. The second-order valence-corrected chi connectivity index (χ2v) is 5.54. The Morgan fingerprint density at radius 3 is 2.52 bits per heavy atom. The Hall–Kier alpha value is -1.81. The molecule has 114 valence electrons. The number of rotatable bonds is 4. The molecular weight excluding hydrogens is 269 g/mol. The molecule has 4 heteroatoms. The summed E-state index contributed by atoms with van der Waals surface area (Å²) in [5.74, 6) is -0.998. The molecule has 21 heavy (non-hydrogen) atoms.